The van der Waals surface area contributed by atoms with Gasteiger partial charge in [0.1, 0.15) is 0 Å². The van der Waals surface area contributed by atoms with Gasteiger partial charge in [-0.1, -0.05) is 37.6 Å². The molecule has 0 fully saturated rings. The Kier molecular flexibility index (Phi) is 3.82. The SMILES string of the molecule is CCCc1ccc(C(N)c2cc(C)nn2C)cc1. The van der Waals surface area contributed by atoms with Crippen molar-refractivity contribution in [1.29, 1.82) is 0 Å². The summed E-state index contributed by atoms with van der Waals surface area (Å²) in [6.07, 6.45) is 2.30. The molecule has 1 aromatic carbocycles. The summed E-state index contributed by atoms with van der Waals surface area (Å²) in [4.78, 5) is 0. The molecule has 0 radical (unpaired) electrons. The Labute approximate surface area is 109 Å². The van der Waals surface area contributed by atoms with Gasteiger partial charge in [-0.2, -0.15) is 5.10 Å². The zero-order valence-corrected chi connectivity index (χ0v) is 11.4. The quantitative estimate of drug-likeness (QED) is 0.897. The van der Waals surface area contributed by atoms with E-state index in [9.17, 15) is 0 Å². The van der Waals surface area contributed by atoms with Crippen LogP contribution in [0.3, 0.4) is 0 Å². The zero-order chi connectivity index (χ0) is 13.1. The molecule has 1 heterocycles. The van der Waals surface area contributed by atoms with Crippen LogP contribution >= 0.6 is 0 Å². The van der Waals surface area contributed by atoms with Crippen LogP contribution < -0.4 is 5.73 Å². The van der Waals surface area contributed by atoms with Crippen molar-refractivity contribution in [2.45, 2.75) is 32.7 Å². The van der Waals surface area contributed by atoms with Crippen LogP contribution in [0.25, 0.3) is 0 Å². The van der Waals surface area contributed by atoms with E-state index in [4.69, 9.17) is 5.73 Å². The largest absolute Gasteiger partial charge is 0.319 e. The van der Waals surface area contributed by atoms with Gasteiger partial charge in [0.15, 0.2) is 0 Å². The monoisotopic (exact) mass is 243 g/mol. The Hall–Kier alpha value is -1.61. The van der Waals surface area contributed by atoms with Gasteiger partial charge < -0.3 is 5.73 Å². The van der Waals surface area contributed by atoms with Gasteiger partial charge in [0, 0.05) is 7.05 Å². The minimum absolute atomic E-state index is 0.105. The van der Waals surface area contributed by atoms with E-state index in [1.54, 1.807) is 0 Å². The lowest BCUT2D eigenvalue weighted by atomic mass is 10.0. The second kappa shape index (κ2) is 5.36. The highest BCUT2D eigenvalue weighted by molar-refractivity contribution is 5.31. The van der Waals surface area contributed by atoms with Gasteiger partial charge in [0.05, 0.1) is 17.4 Å². The Morgan fingerprint density at radius 2 is 1.94 bits per heavy atom. The lowest BCUT2D eigenvalue weighted by Crippen LogP contribution is -2.15. The summed E-state index contributed by atoms with van der Waals surface area (Å²) in [7, 11) is 1.94. The maximum atomic E-state index is 6.29. The van der Waals surface area contributed by atoms with E-state index < -0.39 is 0 Å². The van der Waals surface area contributed by atoms with Crippen LogP contribution in [0.4, 0.5) is 0 Å². The summed E-state index contributed by atoms with van der Waals surface area (Å²) in [6.45, 7) is 4.18. The molecule has 0 bridgehead atoms. The molecule has 3 nitrogen and oxygen atoms in total. The van der Waals surface area contributed by atoms with Crippen molar-refractivity contribution in [2.75, 3.05) is 0 Å². The fraction of sp³-hybridized carbons (Fsp3) is 0.400. The molecular weight excluding hydrogens is 222 g/mol. The lowest BCUT2D eigenvalue weighted by molar-refractivity contribution is 0.669. The maximum Gasteiger partial charge on any atom is 0.0723 e. The average Bonchev–Trinajstić information content (AvgIpc) is 2.69. The van der Waals surface area contributed by atoms with E-state index >= 15 is 0 Å². The molecule has 2 rings (SSSR count). The van der Waals surface area contributed by atoms with Gasteiger partial charge in [0.25, 0.3) is 0 Å². The highest BCUT2D eigenvalue weighted by Gasteiger charge is 2.13. The molecular formula is C15H21N3. The molecule has 3 heteroatoms. The third-order valence-electron chi connectivity index (χ3n) is 3.23. The van der Waals surface area contributed by atoms with E-state index in [1.165, 1.54) is 12.0 Å². The van der Waals surface area contributed by atoms with Crippen molar-refractivity contribution in [2.24, 2.45) is 12.8 Å². The number of hydrogen-bond acceptors (Lipinski definition) is 2. The number of aryl methyl sites for hydroxylation is 3. The minimum atomic E-state index is -0.105. The topological polar surface area (TPSA) is 43.8 Å². The van der Waals surface area contributed by atoms with E-state index in [0.717, 1.165) is 23.4 Å². The van der Waals surface area contributed by atoms with Crippen molar-refractivity contribution in [3.8, 4) is 0 Å². The Balaban J connectivity index is 2.23. The van der Waals surface area contributed by atoms with Crippen molar-refractivity contribution >= 4 is 0 Å². The number of hydrogen-bond donors (Lipinski definition) is 1. The summed E-state index contributed by atoms with van der Waals surface area (Å²) in [6, 6.07) is 10.5. The molecule has 1 atom stereocenters. The Morgan fingerprint density at radius 1 is 1.28 bits per heavy atom. The standard InChI is InChI=1S/C15H21N3/c1-4-5-12-6-8-13(9-7-12)15(16)14-10-11(2)17-18(14)3/h6-10,15H,4-5,16H2,1-3H3. The number of rotatable bonds is 4. The second-order valence-corrected chi connectivity index (χ2v) is 4.80. The van der Waals surface area contributed by atoms with Crippen LogP contribution in [0.2, 0.25) is 0 Å². The van der Waals surface area contributed by atoms with Gasteiger partial charge in [-0.05, 0) is 30.5 Å². The molecule has 18 heavy (non-hydrogen) atoms. The summed E-state index contributed by atoms with van der Waals surface area (Å²) in [5.74, 6) is 0. The van der Waals surface area contributed by atoms with Gasteiger partial charge in [-0.15, -0.1) is 0 Å². The minimum Gasteiger partial charge on any atom is -0.319 e. The first kappa shape index (κ1) is 12.8. The number of nitrogens with zero attached hydrogens (tertiary/aromatic N) is 2. The molecule has 0 spiro atoms. The van der Waals surface area contributed by atoms with E-state index in [1.807, 2.05) is 24.7 Å². The fourth-order valence-electron chi connectivity index (χ4n) is 2.27. The predicted octanol–water partition coefficient (Wildman–Crippen LogP) is 2.73. The van der Waals surface area contributed by atoms with Crippen LogP contribution in [0.5, 0.6) is 0 Å². The summed E-state index contributed by atoms with van der Waals surface area (Å²) in [5.41, 5.74) is 10.9. The third-order valence-corrected chi connectivity index (χ3v) is 3.23. The zero-order valence-electron chi connectivity index (χ0n) is 11.4. The van der Waals surface area contributed by atoms with Crippen molar-refractivity contribution in [1.82, 2.24) is 9.78 Å². The van der Waals surface area contributed by atoms with Crippen LogP contribution in [0, 0.1) is 6.92 Å². The second-order valence-electron chi connectivity index (χ2n) is 4.80. The highest BCUT2D eigenvalue weighted by Crippen LogP contribution is 2.20. The normalized spacial score (nSPS) is 12.7. The highest BCUT2D eigenvalue weighted by atomic mass is 15.3. The van der Waals surface area contributed by atoms with Crippen molar-refractivity contribution in [3.63, 3.8) is 0 Å². The van der Waals surface area contributed by atoms with E-state index in [-0.39, 0.29) is 6.04 Å². The fourth-order valence-corrected chi connectivity index (χ4v) is 2.27. The molecule has 0 saturated carbocycles. The molecule has 0 aliphatic carbocycles. The van der Waals surface area contributed by atoms with Gasteiger partial charge in [-0.3, -0.25) is 4.68 Å². The summed E-state index contributed by atoms with van der Waals surface area (Å²) in [5, 5.41) is 4.34. The molecule has 0 aliphatic heterocycles. The number of benzene rings is 1. The Morgan fingerprint density at radius 3 is 2.44 bits per heavy atom. The first-order chi connectivity index (χ1) is 8.61. The summed E-state index contributed by atoms with van der Waals surface area (Å²) >= 11 is 0. The summed E-state index contributed by atoms with van der Waals surface area (Å²) < 4.78 is 1.86. The van der Waals surface area contributed by atoms with Gasteiger partial charge in [-0.25, -0.2) is 0 Å². The van der Waals surface area contributed by atoms with Crippen LogP contribution in [0.1, 0.15) is 41.9 Å². The molecule has 2 aromatic rings. The first-order valence-corrected chi connectivity index (χ1v) is 6.46. The van der Waals surface area contributed by atoms with Crippen LogP contribution in [-0.4, -0.2) is 9.78 Å². The predicted molar refractivity (Wildman–Crippen MR) is 74.4 cm³/mol. The third kappa shape index (κ3) is 2.62. The van der Waals surface area contributed by atoms with Crippen molar-refractivity contribution < 1.29 is 0 Å². The molecule has 0 amide bonds. The maximum absolute atomic E-state index is 6.29. The number of aromatic nitrogens is 2. The molecule has 1 aromatic heterocycles. The molecule has 0 saturated heterocycles. The van der Waals surface area contributed by atoms with Gasteiger partial charge >= 0.3 is 0 Å². The smallest absolute Gasteiger partial charge is 0.0723 e. The van der Waals surface area contributed by atoms with E-state index in [2.05, 4.69) is 36.3 Å². The van der Waals surface area contributed by atoms with Crippen molar-refractivity contribution in [3.05, 3.63) is 52.8 Å². The van der Waals surface area contributed by atoms with Gasteiger partial charge in [0.2, 0.25) is 0 Å². The first-order valence-electron chi connectivity index (χ1n) is 6.46. The van der Waals surface area contributed by atoms with Crippen LogP contribution in [0.15, 0.2) is 30.3 Å². The molecule has 2 N–H and O–H groups in total. The number of nitrogens with two attached hydrogens (primary N) is 1. The molecule has 96 valence electrons. The molecule has 0 aliphatic rings. The Bertz CT molecular complexity index is 511. The van der Waals surface area contributed by atoms with E-state index in [0.29, 0.717) is 0 Å². The molecule has 1 unspecified atom stereocenters. The average molecular weight is 243 g/mol. The lowest BCUT2D eigenvalue weighted by Gasteiger charge is -2.13. The van der Waals surface area contributed by atoms with Crippen LogP contribution in [-0.2, 0) is 13.5 Å².